The van der Waals surface area contributed by atoms with Gasteiger partial charge in [-0.2, -0.15) is 0 Å². The fraction of sp³-hybridized carbons (Fsp3) is 0. The van der Waals surface area contributed by atoms with Gasteiger partial charge in [0.05, 0.1) is 21.2 Å². The van der Waals surface area contributed by atoms with E-state index in [0.717, 1.165) is 0 Å². The van der Waals surface area contributed by atoms with Crippen molar-refractivity contribution in [1.82, 2.24) is 10.4 Å². The molecule has 0 radical (unpaired) electrons. The maximum absolute atomic E-state index is 12.1. The number of rotatable bonds is 5. The van der Waals surface area contributed by atoms with Gasteiger partial charge in [0.25, 0.3) is 11.6 Å². The van der Waals surface area contributed by atoms with E-state index in [1.54, 1.807) is 41.8 Å². The summed E-state index contributed by atoms with van der Waals surface area (Å²) in [5.74, 6) is -0.391. The lowest BCUT2D eigenvalue weighted by Gasteiger charge is -2.06. The number of nitro groups is 1. The predicted octanol–water partition coefficient (Wildman–Crippen LogP) is 4.71. The predicted molar refractivity (Wildman–Crippen MR) is 107 cm³/mol. The highest BCUT2D eigenvalue weighted by Crippen LogP contribution is 2.27. The molecule has 3 rings (SSSR count). The number of carbonyl (C=O) groups excluding carboxylic acids is 1. The number of nitro benzene ring substituents is 1. The van der Waals surface area contributed by atoms with Gasteiger partial charge in [-0.05, 0) is 12.1 Å². The number of carbonyl (C=O) groups is 1. The Hall–Kier alpha value is -2.49. The number of hydrazine groups is 1. The van der Waals surface area contributed by atoms with Crippen LogP contribution in [-0.2, 0) is 0 Å². The van der Waals surface area contributed by atoms with Crippen LogP contribution in [0.1, 0.15) is 10.4 Å². The van der Waals surface area contributed by atoms with E-state index in [1.165, 1.54) is 23.5 Å². The fourth-order valence-corrected chi connectivity index (χ4v) is 2.96. The number of benzene rings is 2. The number of thiazole rings is 1. The summed E-state index contributed by atoms with van der Waals surface area (Å²) in [7, 11) is 0. The third-order valence-corrected chi connectivity index (χ3v) is 4.35. The van der Waals surface area contributed by atoms with Crippen molar-refractivity contribution in [2.24, 2.45) is 0 Å². The lowest BCUT2D eigenvalue weighted by Crippen LogP contribution is -2.29. The molecule has 0 unspecified atom stereocenters. The zero-order chi connectivity index (χ0) is 17.8. The number of nitrogens with zero attached hydrogens (tertiary/aromatic N) is 2. The minimum absolute atomic E-state index is 0. The fourth-order valence-electron chi connectivity index (χ4n) is 2.07. The van der Waals surface area contributed by atoms with E-state index in [-0.39, 0.29) is 22.7 Å². The zero-order valence-corrected chi connectivity index (χ0v) is 16.3. The molecule has 0 aliphatic heterocycles. The maximum atomic E-state index is 12.1. The second kappa shape index (κ2) is 8.75. The Kier molecular flexibility index (Phi) is 6.67. The maximum Gasteiger partial charge on any atom is 0.271 e. The first-order valence-electron chi connectivity index (χ1n) is 7.06. The number of halogens is 2. The molecule has 10 heteroatoms. The van der Waals surface area contributed by atoms with Crippen LogP contribution in [0, 0.1) is 10.1 Å². The Morgan fingerprint density at radius 1 is 1.19 bits per heavy atom. The van der Waals surface area contributed by atoms with E-state index in [1.807, 2.05) is 0 Å². The molecular weight excluding hydrogens is 444 g/mol. The highest BCUT2D eigenvalue weighted by Gasteiger charge is 2.12. The van der Waals surface area contributed by atoms with E-state index in [2.05, 4.69) is 15.8 Å². The molecule has 134 valence electrons. The molecule has 1 aromatic heterocycles. The summed E-state index contributed by atoms with van der Waals surface area (Å²) in [5.41, 5.74) is 6.76. The lowest BCUT2D eigenvalue weighted by molar-refractivity contribution is -0.384. The molecule has 0 bridgehead atoms. The lowest BCUT2D eigenvalue weighted by atomic mass is 10.1. The molecule has 7 nitrogen and oxygen atoms in total. The number of aromatic nitrogens is 1. The van der Waals surface area contributed by atoms with Crippen LogP contribution in [0.25, 0.3) is 11.3 Å². The first-order chi connectivity index (χ1) is 12.0. The zero-order valence-electron chi connectivity index (χ0n) is 13.0. The van der Waals surface area contributed by atoms with E-state index < -0.39 is 10.8 Å². The van der Waals surface area contributed by atoms with Crippen molar-refractivity contribution in [2.45, 2.75) is 0 Å². The van der Waals surface area contributed by atoms with Crippen LogP contribution in [0.5, 0.6) is 0 Å². The number of hydrogen-bond donors (Lipinski definition) is 2. The van der Waals surface area contributed by atoms with Gasteiger partial charge in [-0.1, -0.05) is 35.9 Å². The van der Waals surface area contributed by atoms with Crippen molar-refractivity contribution in [1.29, 1.82) is 0 Å². The van der Waals surface area contributed by atoms with Crippen LogP contribution in [0.3, 0.4) is 0 Å². The highest BCUT2D eigenvalue weighted by atomic mass is 79.9. The first-order valence-corrected chi connectivity index (χ1v) is 8.31. The van der Waals surface area contributed by atoms with Crippen LogP contribution >= 0.6 is 39.9 Å². The van der Waals surface area contributed by atoms with Crippen molar-refractivity contribution in [3.8, 4) is 11.3 Å². The van der Waals surface area contributed by atoms with Gasteiger partial charge in [0.2, 0.25) is 5.13 Å². The largest absolute Gasteiger partial charge is 0.273 e. The van der Waals surface area contributed by atoms with Gasteiger partial charge < -0.3 is 0 Å². The summed E-state index contributed by atoms with van der Waals surface area (Å²) in [6.07, 6.45) is 0. The minimum atomic E-state index is -0.459. The third kappa shape index (κ3) is 4.57. The van der Waals surface area contributed by atoms with Crippen molar-refractivity contribution in [2.75, 3.05) is 5.43 Å². The molecule has 26 heavy (non-hydrogen) atoms. The average molecular weight is 456 g/mol. The molecule has 0 saturated heterocycles. The Balaban J connectivity index is 0.00000243. The van der Waals surface area contributed by atoms with Crippen LogP contribution in [0.2, 0.25) is 5.02 Å². The molecule has 1 heterocycles. The number of amides is 1. The smallest absolute Gasteiger partial charge is 0.271 e. The summed E-state index contributed by atoms with van der Waals surface area (Å²) < 4.78 is 0. The second-order valence-electron chi connectivity index (χ2n) is 4.90. The van der Waals surface area contributed by atoms with Crippen LogP contribution < -0.4 is 10.9 Å². The monoisotopic (exact) mass is 454 g/mol. The molecule has 3 aromatic rings. The van der Waals surface area contributed by atoms with Crippen molar-refractivity contribution in [3.63, 3.8) is 0 Å². The Bertz CT molecular complexity index is 951. The topological polar surface area (TPSA) is 97.2 Å². The van der Waals surface area contributed by atoms with Crippen LogP contribution in [0.4, 0.5) is 10.8 Å². The number of non-ortho nitro benzene ring substituents is 1. The minimum Gasteiger partial charge on any atom is -0.273 e. The second-order valence-corrected chi connectivity index (χ2v) is 6.17. The van der Waals surface area contributed by atoms with E-state index in [4.69, 9.17) is 11.6 Å². The molecule has 0 fully saturated rings. The average Bonchev–Trinajstić information content (AvgIpc) is 3.09. The van der Waals surface area contributed by atoms with Gasteiger partial charge in [-0.25, -0.2) is 4.98 Å². The van der Waals surface area contributed by atoms with Crippen molar-refractivity contribution >= 4 is 56.6 Å². The Labute approximate surface area is 167 Å². The molecular formula is C16H12BrClN4O3S. The quantitative estimate of drug-likeness (QED) is 0.429. The standard InChI is InChI=1S/C16H11ClN4O3S.BrH/c17-13-7-2-1-6-12(13)15(22)19-20-16-18-14(9-25-16)10-4-3-5-11(8-10)21(23)24;/h1-9H,(H,18,20)(H,19,22);1H. The number of anilines is 1. The molecule has 0 aliphatic rings. The Morgan fingerprint density at radius 2 is 1.96 bits per heavy atom. The summed E-state index contributed by atoms with van der Waals surface area (Å²) in [6.45, 7) is 0. The number of hydrogen-bond acceptors (Lipinski definition) is 6. The molecule has 0 saturated carbocycles. The summed E-state index contributed by atoms with van der Waals surface area (Å²) in [5, 5.41) is 13.4. The van der Waals surface area contributed by atoms with Gasteiger partial charge in [0.1, 0.15) is 0 Å². The van der Waals surface area contributed by atoms with Gasteiger partial charge in [0.15, 0.2) is 0 Å². The summed E-state index contributed by atoms with van der Waals surface area (Å²) in [4.78, 5) is 26.8. The third-order valence-electron chi connectivity index (χ3n) is 3.26. The van der Waals surface area contributed by atoms with Crippen LogP contribution in [0.15, 0.2) is 53.9 Å². The summed E-state index contributed by atoms with van der Waals surface area (Å²) in [6, 6.07) is 12.9. The van der Waals surface area contributed by atoms with E-state index in [0.29, 0.717) is 27.0 Å². The molecule has 2 aromatic carbocycles. The van der Waals surface area contributed by atoms with E-state index in [9.17, 15) is 14.9 Å². The SMILES string of the molecule is Br.O=C(NNc1nc(-c2cccc([N+](=O)[O-])c2)cs1)c1ccccc1Cl. The Morgan fingerprint density at radius 3 is 2.69 bits per heavy atom. The normalized spacial score (nSPS) is 9.88. The summed E-state index contributed by atoms with van der Waals surface area (Å²) >= 11 is 7.23. The number of nitrogens with one attached hydrogen (secondary N) is 2. The van der Waals surface area contributed by atoms with Crippen molar-refractivity contribution < 1.29 is 9.72 Å². The molecule has 0 atom stereocenters. The first kappa shape index (κ1) is 19.8. The molecule has 2 N–H and O–H groups in total. The van der Waals surface area contributed by atoms with Gasteiger partial charge >= 0.3 is 0 Å². The van der Waals surface area contributed by atoms with Crippen molar-refractivity contribution in [3.05, 3.63) is 74.6 Å². The molecule has 0 spiro atoms. The van der Waals surface area contributed by atoms with Gasteiger partial charge in [-0.3, -0.25) is 25.8 Å². The molecule has 1 amide bonds. The highest BCUT2D eigenvalue weighted by molar-refractivity contribution is 8.93. The van der Waals surface area contributed by atoms with E-state index >= 15 is 0 Å². The van der Waals surface area contributed by atoms with Crippen LogP contribution in [-0.4, -0.2) is 15.8 Å². The van der Waals surface area contributed by atoms with Gasteiger partial charge in [0, 0.05) is 23.1 Å². The molecule has 0 aliphatic carbocycles. The van der Waals surface area contributed by atoms with Gasteiger partial charge in [-0.15, -0.1) is 28.3 Å².